The topological polar surface area (TPSA) is 98.0 Å². The summed E-state index contributed by atoms with van der Waals surface area (Å²) in [7, 11) is -3.77. The second-order valence-electron chi connectivity index (χ2n) is 3.71. The Morgan fingerprint density at radius 2 is 1.95 bits per heavy atom. The highest BCUT2D eigenvalue weighted by molar-refractivity contribution is 7.92. The first-order valence-electron chi connectivity index (χ1n) is 5.29. The summed E-state index contributed by atoms with van der Waals surface area (Å²) in [4.78, 5) is 7.80. The number of thiocarbonyl (C=S) groups is 1. The quantitative estimate of drug-likeness (QED) is 0.827. The second kappa shape index (κ2) is 5.70. The third kappa shape index (κ3) is 3.41. The first-order chi connectivity index (χ1) is 9.38. The van der Waals surface area contributed by atoms with E-state index in [1.165, 1.54) is 36.7 Å². The van der Waals surface area contributed by atoms with E-state index in [9.17, 15) is 8.42 Å². The van der Waals surface area contributed by atoms with Gasteiger partial charge in [0, 0.05) is 12.4 Å². The molecule has 0 unspecified atom stereocenters. The molecule has 0 bridgehead atoms. The summed E-state index contributed by atoms with van der Waals surface area (Å²) in [5.74, 6) is 0.160. The van der Waals surface area contributed by atoms with Gasteiger partial charge in [0.1, 0.15) is 15.7 Å². The molecule has 20 heavy (non-hydrogen) atoms. The van der Waals surface area contributed by atoms with E-state index >= 15 is 0 Å². The Morgan fingerprint density at radius 1 is 1.20 bits per heavy atom. The van der Waals surface area contributed by atoms with Crippen LogP contribution < -0.4 is 10.5 Å². The SMILES string of the molecule is NC(=S)c1ccc(S(=O)(=O)Nc2ccc(Cl)cn2)cn1. The van der Waals surface area contributed by atoms with Crippen LogP contribution in [-0.2, 0) is 10.0 Å². The van der Waals surface area contributed by atoms with E-state index in [0.717, 1.165) is 0 Å². The molecule has 0 aliphatic carbocycles. The van der Waals surface area contributed by atoms with Crippen LogP contribution in [0.3, 0.4) is 0 Å². The number of hydrogen-bond acceptors (Lipinski definition) is 5. The maximum atomic E-state index is 12.1. The molecule has 0 aliphatic heterocycles. The largest absolute Gasteiger partial charge is 0.388 e. The molecular weight excluding hydrogens is 320 g/mol. The van der Waals surface area contributed by atoms with Crippen molar-refractivity contribution in [2.75, 3.05) is 4.72 Å². The summed E-state index contributed by atoms with van der Waals surface area (Å²) in [6, 6.07) is 5.78. The highest BCUT2D eigenvalue weighted by Crippen LogP contribution is 2.15. The fourth-order valence-electron chi connectivity index (χ4n) is 1.32. The Hall–Kier alpha value is -1.77. The number of nitrogens with zero attached hydrogens (tertiary/aromatic N) is 2. The second-order valence-corrected chi connectivity index (χ2v) is 6.27. The van der Waals surface area contributed by atoms with Gasteiger partial charge in [-0.05, 0) is 24.3 Å². The molecule has 6 nitrogen and oxygen atoms in total. The van der Waals surface area contributed by atoms with Crippen molar-refractivity contribution < 1.29 is 8.42 Å². The molecule has 104 valence electrons. The van der Waals surface area contributed by atoms with Gasteiger partial charge < -0.3 is 5.73 Å². The summed E-state index contributed by atoms with van der Waals surface area (Å²) in [5, 5.41) is 0.412. The molecule has 0 amide bonds. The summed E-state index contributed by atoms with van der Waals surface area (Å²) < 4.78 is 26.5. The fraction of sp³-hybridized carbons (Fsp3) is 0. The number of nitrogens with two attached hydrogens (primary N) is 1. The molecule has 2 rings (SSSR count). The molecule has 2 aromatic heterocycles. The van der Waals surface area contributed by atoms with E-state index in [1.807, 2.05) is 0 Å². The van der Waals surface area contributed by atoms with Crippen LogP contribution in [0.1, 0.15) is 5.69 Å². The van der Waals surface area contributed by atoms with Crippen molar-refractivity contribution in [2.45, 2.75) is 4.90 Å². The molecule has 0 saturated carbocycles. The van der Waals surface area contributed by atoms with Crippen LogP contribution in [0.2, 0.25) is 5.02 Å². The average molecular weight is 329 g/mol. The van der Waals surface area contributed by atoms with Crippen LogP contribution in [0.5, 0.6) is 0 Å². The van der Waals surface area contributed by atoms with Gasteiger partial charge in [-0.3, -0.25) is 9.71 Å². The molecule has 0 fully saturated rings. The van der Waals surface area contributed by atoms with Crippen molar-refractivity contribution in [3.63, 3.8) is 0 Å². The summed E-state index contributed by atoms with van der Waals surface area (Å²) in [5.41, 5.74) is 5.74. The zero-order chi connectivity index (χ0) is 14.8. The average Bonchev–Trinajstić information content (AvgIpc) is 2.41. The Morgan fingerprint density at radius 3 is 2.45 bits per heavy atom. The normalized spacial score (nSPS) is 11.1. The summed E-state index contributed by atoms with van der Waals surface area (Å²) in [6.45, 7) is 0. The van der Waals surface area contributed by atoms with Crippen molar-refractivity contribution in [1.29, 1.82) is 0 Å². The lowest BCUT2D eigenvalue weighted by Crippen LogP contribution is -2.16. The molecule has 2 aromatic rings. The fourth-order valence-corrected chi connectivity index (χ4v) is 2.50. The number of hydrogen-bond donors (Lipinski definition) is 2. The lowest BCUT2D eigenvalue weighted by atomic mass is 10.3. The van der Waals surface area contributed by atoms with Crippen molar-refractivity contribution in [2.24, 2.45) is 5.73 Å². The van der Waals surface area contributed by atoms with E-state index in [1.54, 1.807) is 0 Å². The minimum Gasteiger partial charge on any atom is -0.388 e. The minimum absolute atomic E-state index is 0.0192. The zero-order valence-electron chi connectivity index (χ0n) is 9.95. The van der Waals surface area contributed by atoms with Crippen molar-refractivity contribution in [3.05, 3.63) is 47.4 Å². The van der Waals surface area contributed by atoms with E-state index in [4.69, 9.17) is 29.6 Å². The summed E-state index contributed by atoms with van der Waals surface area (Å²) in [6.07, 6.45) is 2.51. The van der Waals surface area contributed by atoms with Crippen LogP contribution in [0.4, 0.5) is 5.82 Å². The Bertz CT molecular complexity index is 730. The van der Waals surface area contributed by atoms with Crippen LogP contribution in [0, 0.1) is 0 Å². The van der Waals surface area contributed by atoms with Gasteiger partial charge in [0.25, 0.3) is 10.0 Å². The van der Waals surface area contributed by atoms with Gasteiger partial charge in [0.05, 0.1) is 10.7 Å². The van der Waals surface area contributed by atoms with E-state index in [2.05, 4.69) is 14.7 Å². The number of sulfonamides is 1. The number of rotatable bonds is 4. The van der Waals surface area contributed by atoms with Crippen LogP contribution in [0.15, 0.2) is 41.6 Å². The Labute approximate surface area is 126 Å². The maximum absolute atomic E-state index is 12.1. The molecule has 0 radical (unpaired) electrons. The lowest BCUT2D eigenvalue weighted by Gasteiger charge is -2.07. The van der Waals surface area contributed by atoms with E-state index in [-0.39, 0.29) is 15.7 Å². The molecule has 2 heterocycles. The summed E-state index contributed by atoms with van der Waals surface area (Å²) >= 11 is 10.4. The van der Waals surface area contributed by atoms with Crippen molar-refractivity contribution in [1.82, 2.24) is 9.97 Å². The van der Waals surface area contributed by atoms with Crippen molar-refractivity contribution >= 4 is 44.6 Å². The Balaban J connectivity index is 2.26. The molecular formula is C11H9ClN4O2S2. The zero-order valence-corrected chi connectivity index (χ0v) is 12.3. The minimum atomic E-state index is -3.77. The lowest BCUT2D eigenvalue weighted by molar-refractivity contribution is 0.600. The molecule has 3 N–H and O–H groups in total. The number of pyridine rings is 2. The molecule has 9 heteroatoms. The van der Waals surface area contributed by atoms with Crippen LogP contribution >= 0.6 is 23.8 Å². The number of nitrogens with one attached hydrogen (secondary N) is 1. The molecule has 0 aromatic carbocycles. The first-order valence-corrected chi connectivity index (χ1v) is 7.56. The molecule has 0 saturated heterocycles. The number of aromatic nitrogens is 2. The standard InChI is InChI=1S/C11H9ClN4O2S2/c12-7-1-4-10(15-5-7)16-20(17,18)8-2-3-9(11(13)19)14-6-8/h1-6H,(H2,13,19)(H,15,16). The van der Waals surface area contributed by atoms with Gasteiger partial charge in [0.15, 0.2) is 0 Å². The highest BCUT2D eigenvalue weighted by atomic mass is 35.5. The van der Waals surface area contributed by atoms with Crippen molar-refractivity contribution in [3.8, 4) is 0 Å². The van der Waals surface area contributed by atoms with Gasteiger partial charge in [-0.25, -0.2) is 13.4 Å². The number of anilines is 1. The maximum Gasteiger partial charge on any atom is 0.264 e. The van der Waals surface area contributed by atoms with Gasteiger partial charge in [-0.15, -0.1) is 0 Å². The predicted octanol–water partition coefficient (Wildman–Crippen LogP) is 1.56. The monoisotopic (exact) mass is 328 g/mol. The van der Waals surface area contributed by atoms with Gasteiger partial charge in [-0.2, -0.15) is 0 Å². The van der Waals surface area contributed by atoms with E-state index < -0.39 is 10.0 Å². The van der Waals surface area contributed by atoms with Gasteiger partial charge in [-0.1, -0.05) is 23.8 Å². The van der Waals surface area contributed by atoms with Gasteiger partial charge >= 0.3 is 0 Å². The highest BCUT2D eigenvalue weighted by Gasteiger charge is 2.15. The van der Waals surface area contributed by atoms with Gasteiger partial charge in [0.2, 0.25) is 0 Å². The molecule has 0 aliphatic rings. The first kappa shape index (κ1) is 14.6. The molecule has 0 spiro atoms. The van der Waals surface area contributed by atoms with Crippen LogP contribution in [-0.4, -0.2) is 23.4 Å². The number of halogens is 1. The van der Waals surface area contributed by atoms with E-state index in [0.29, 0.717) is 10.7 Å². The smallest absolute Gasteiger partial charge is 0.264 e. The third-order valence-electron chi connectivity index (χ3n) is 2.27. The van der Waals surface area contributed by atoms with Crippen LogP contribution in [0.25, 0.3) is 0 Å². The Kier molecular flexibility index (Phi) is 4.17. The molecule has 0 atom stereocenters. The predicted molar refractivity (Wildman–Crippen MR) is 80.2 cm³/mol. The third-order valence-corrected chi connectivity index (χ3v) is 4.04.